The highest BCUT2D eigenvalue weighted by Crippen LogP contribution is 2.26. The number of thioether (sulfide) groups is 1. The number of hydrogen-bond acceptors (Lipinski definition) is 5. The lowest BCUT2D eigenvalue weighted by Crippen LogP contribution is -2.26. The largest absolute Gasteiger partial charge is 0.303 e. The molecule has 7 heteroatoms. The molecule has 0 saturated carbocycles. The molecule has 1 amide bonds. The first-order valence-corrected chi connectivity index (χ1v) is 10.8. The molecule has 1 fully saturated rings. The molecule has 1 saturated heterocycles. The van der Waals surface area contributed by atoms with Gasteiger partial charge in [0.1, 0.15) is 0 Å². The molecule has 1 atom stereocenters. The van der Waals surface area contributed by atoms with Crippen LogP contribution in [-0.2, 0) is 17.6 Å². The molecule has 0 bridgehead atoms. The Labute approximate surface area is 178 Å². The normalized spacial score (nSPS) is 20.1. The molecule has 2 aromatic carbocycles. The third kappa shape index (κ3) is 4.95. The minimum Gasteiger partial charge on any atom is -0.303 e. The summed E-state index contributed by atoms with van der Waals surface area (Å²) >= 11 is 7.09. The number of rotatable bonds is 5. The molecular formula is C22H20ClN3O2S. The number of hydrogen-bond donors (Lipinski definition) is 1. The van der Waals surface area contributed by atoms with E-state index in [-0.39, 0.29) is 18.1 Å². The fourth-order valence-corrected chi connectivity index (χ4v) is 4.53. The van der Waals surface area contributed by atoms with Gasteiger partial charge in [0, 0.05) is 17.0 Å². The van der Waals surface area contributed by atoms with Crippen LogP contribution in [0, 0.1) is 0 Å². The zero-order chi connectivity index (χ0) is 20.2. The second kappa shape index (κ2) is 8.93. The first kappa shape index (κ1) is 19.9. The molecule has 1 N–H and O–H groups in total. The van der Waals surface area contributed by atoms with Gasteiger partial charge in [-0.15, -0.1) is 5.10 Å². The molecule has 0 spiro atoms. The molecule has 148 valence electrons. The van der Waals surface area contributed by atoms with Crippen molar-refractivity contribution >= 4 is 46.4 Å². The van der Waals surface area contributed by atoms with Crippen molar-refractivity contribution in [1.29, 1.82) is 0 Å². The maximum atomic E-state index is 12.7. The summed E-state index contributed by atoms with van der Waals surface area (Å²) in [4.78, 5) is 24.9. The molecule has 5 nitrogen and oxygen atoms in total. The Bertz CT molecular complexity index is 1000. The summed E-state index contributed by atoms with van der Waals surface area (Å²) in [7, 11) is 0. The quantitative estimate of drug-likeness (QED) is 0.438. The molecule has 1 heterocycles. The van der Waals surface area contributed by atoms with Gasteiger partial charge < -0.3 is 5.32 Å². The zero-order valence-corrected chi connectivity index (χ0v) is 17.3. The molecular weight excluding hydrogens is 406 g/mol. The number of nitrogens with one attached hydrogen (secondary N) is 1. The summed E-state index contributed by atoms with van der Waals surface area (Å²) in [5.41, 5.74) is 4.15. The van der Waals surface area contributed by atoms with Gasteiger partial charge in [-0.3, -0.25) is 9.59 Å². The van der Waals surface area contributed by atoms with Gasteiger partial charge in [-0.1, -0.05) is 47.6 Å². The van der Waals surface area contributed by atoms with Gasteiger partial charge in [0.25, 0.3) is 0 Å². The van der Waals surface area contributed by atoms with Crippen LogP contribution in [0.1, 0.15) is 46.3 Å². The Morgan fingerprint density at radius 1 is 1.14 bits per heavy atom. The SMILES string of the molecule is O=C(C[C@@H]1S/C(=N/N=C\c2ccc(Cl)cc2)NC1=O)c1ccc2c(c1)CCCC2. The number of carbonyl (C=O) groups is 2. The lowest BCUT2D eigenvalue weighted by molar-refractivity contribution is -0.118. The molecule has 1 aliphatic heterocycles. The predicted molar refractivity (Wildman–Crippen MR) is 118 cm³/mol. The van der Waals surface area contributed by atoms with Gasteiger partial charge in [0.15, 0.2) is 11.0 Å². The van der Waals surface area contributed by atoms with Crippen LogP contribution in [0.15, 0.2) is 52.7 Å². The number of aryl methyl sites for hydroxylation is 2. The van der Waals surface area contributed by atoms with Crippen molar-refractivity contribution in [2.45, 2.75) is 37.4 Å². The van der Waals surface area contributed by atoms with Gasteiger partial charge in [0.05, 0.1) is 11.5 Å². The van der Waals surface area contributed by atoms with Crippen molar-refractivity contribution in [2.75, 3.05) is 0 Å². The predicted octanol–water partition coefficient (Wildman–Crippen LogP) is 4.41. The summed E-state index contributed by atoms with van der Waals surface area (Å²) in [5, 5.41) is 11.3. The first-order chi connectivity index (χ1) is 14.1. The Balaban J connectivity index is 1.38. The highest BCUT2D eigenvalue weighted by molar-refractivity contribution is 8.15. The van der Waals surface area contributed by atoms with E-state index < -0.39 is 5.25 Å². The number of amidine groups is 1. The second-order valence-electron chi connectivity index (χ2n) is 7.11. The van der Waals surface area contributed by atoms with Crippen LogP contribution in [-0.4, -0.2) is 28.3 Å². The third-order valence-corrected chi connectivity index (χ3v) is 6.37. The van der Waals surface area contributed by atoms with E-state index in [0.717, 1.165) is 18.4 Å². The minimum absolute atomic E-state index is 0.0167. The average Bonchev–Trinajstić information content (AvgIpc) is 3.08. The van der Waals surface area contributed by atoms with Gasteiger partial charge in [-0.05, 0) is 60.6 Å². The number of carbonyl (C=O) groups excluding carboxylic acids is 2. The summed E-state index contributed by atoms with van der Waals surface area (Å²) in [5.74, 6) is -0.223. The van der Waals surface area contributed by atoms with E-state index in [9.17, 15) is 9.59 Å². The van der Waals surface area contributed by atoms with E-state index in [1.807, 2.05) is 24.3 Å². The average molecular weight is 426 g/mol. The third-order valence-electron chi connectivity index (χ3n) is 5.04. The van der Waals surface area contributed by atoms with Gasteiger partial charge in [-0.2, -0.15) is 5.10 Å². The summed E-state index contributed by atoms with van der Waals surface area (Å²) in [6, 6.07) is 13.1. The number of ketones is 1. The maximum Gasteiger partial charge on any atom is 0.240 e. The molecule has 2 aromatic rings. The van der Waals surface area contributed by atoms with E-state index in [1.165, 1.54) is 35.7 Å². The number of fused-ring (bicyclic) bond motifs is 1. The molecule has 2 aliphatic rings. The smallest absolute Gasteiger partial charge is 0.240 e. The summed E-state index contributed by atoms with van der Waals surface area (Å²) in [6.45, 7) is 0. The molecule has 0 aromatic heterocycles. The van der Waals surface area contributed by atoms with E-state index >= 15 is 0 Å². The minimum atomic E-state index is -0.483. The topological polar surface area (TPSA) is 70.9 Å². The highest BCUT2D eigenvalue weighted by atomic mass is 35.5. The Morgan fingerprint density at radius 3 is 2.69 bits per heavy atom. The highest BCUT2D eigenvalue weighted by Gasteiger charge is 2.32. The lowest BCUT2D eigenvalue weighted by Gasteiger charge is -2.16. The van der Waals surface area contributed by atoms with Crippen LogP contribution in [0.3, 0.4) is 0 Å². The Morgan fingerprint density at radius 2 is 1.90 bits per heavy atom. The second-order valence-corrected chi connectivity index (χ2v) is 8.74. The Hall–Kier alpha value is -2.44. The molecule has 29 heavy (non-hydrogen) atoms. The maximum absolute atomic E-state index is 12.7. The lowest BCUT2D eigenvalue weighted by atomic mass is 9.89. The fraction of sp³-hybridized carbons (Fsp3) is 0.273. The van der Waals surface area contributed by atoms with Crippen molar-refractivity contribution in [3.8, 4) is 0 Å². The van der Waals surface area contributed by atoms with Crippen LogP contribution in [0.2, 0.25) is 5.02 Å². The molecule has 0 radical (unpaired) electrons. The van der Waals surface area contributed by atoms with E-state index in [4.69, 9.17) is 11.6 Å². The first-order valence-electron chi connectivity index (χ1n) is 9.57. The van der Waals surface area contributed by atoms with Crippen molar-refractivity contribution < 1.29 is 9.59 Å². The van der Waals surface area contributed by atoms with Gasteiger partial charge in [0.2, 0.25) is 5.91 Å². The standard InChI is InChI=1S/C22H20ClN3O2S/c23-18-9-5-14(6-10-18)13-24-26-22-25-21(28)20(29-22)12-19(27)17-8-7-15-3-1-2-4-16(15)11-17/h5-11,13,20H,1-4,12H2,(H,25,26,28)/b24-13-/t20-/m0/s1. The van der Waals surface area contributed by atoms with Crippen molar-refractivity contribution in [3.05, 3.63) is 69.7 Å². The molecule has 0 unspecified atom stereocenters. The number of benzene rings is 2. The number of nitrogens with zero attached hydrogens (tertiary/aromatic N) is 2. The number of halogens is 1. The van der Waals surface area contributed by atoms with Crippen LogP contribution in [0.4, 0.5) is 0 Å². The van der Waals surface area contributed by atoms with Crippen LogP contribution < -0.4 is 5.32 Å². The Kier molecular flexibility index (Phi) is 6.11. The van der Waals surface area contributed by atoms with E-state index in [2.05, 4.69) is 21.6 Å². The number of amides is 1. The van der Waals surface area contributed by atoms with Crippen molar-refractivity contribution in [1.82, 2.24) is 5.32 Å². The van der Waals surface area contributed by atoms with Crippen molar-refractivity contribution in [2.24, 2.45) is 10.2 Å². The van der Waals surface area contributed by atoms with E-state index in [1.54, 1.807) is 18.3 Å². The van der Waals surface area contributed by atoms with Crippen LogP contribution in [0.5, 0.6) is 0 Å². The van der Waals surface area contributed by atoms with Crippen molar-refractivity contribution in [3.63, 3.8) is 0 Å². The molecule has 4 rings (SSSR count). The summed E-state index contributed by atoms with van der Waals surface area (Å²) < 4.78 is 0. The van der Waals surface area contributed by atoms with Gasteiger partial charge >= 0.3 is 0 Å². The van der Waals surface area contributed by atoms with Gasteiger partial charge in [-0.25, -0.2) is 0 Å². The zero-order valence-electron chi connectivity index (χ0n) is 15.7. The fourth-order valence-electron chi connectivity index (χ4n) is 3.48. The summed E-state index contributed by atoms with van der Waals surface area (Å²) in [6.07, 6.45) is 6.22. The molecule has 1 aliphatic carbocycles. The van der Waals surface area contributed by atoms with Crippen LogP contribution in [0.25, 0.3) is 0 Å². The van der Waals surface area contributed by atoms with Crippen LogP contribution >= 0.6 is 23.4 Å². The number of Topliss-reactive ketones (excluding diaryl/α,β-unsaturated/α-hetero) is 1. The monoisotopic (exact) mass is 425 g/mol. The van der Waals surface area contributed by atoms with E-state index in [0.29, 0.717) is 15.8 Å².